The molecule has 0 saturated heterocycles. The molecule has 0 aromatic heterocycles. The fourth-order valence-electron chi connectivity index (χ4n) is 2.25. The smallest absolute Gasteiger partial charge is 0.271 e. The topological polar surface area (TPSA) is 81.9 Å². The van der Waals surface area contributed by atoms with Gasteiger partial charge < -0.3 is 10.2 Å². The molecule has 3 aromatic carbocycles. The van der Waals surface area contributed by atoms with Gasteiger partial charge in [0.2, 0.25) is 0 Å². The highest BCUT2D eigenvalue weighted by Gasteiger charge is 2.07. The van der Waals surface area contributed by atoms with Crippen LogP contribution in [-0.4, -0.2) is 22.3 Å². The highest BCUT2D eigenvalue weighted by Crippen LogP contribution is 2.24. The highest BCUT2D eigenvalue weighted by atomic mass is 16.3. The van der Waals surface area contributed by atoms with Crippen molar-refractivity contribution in [1.29, 1.82) is 0 Å². The number of rotatable bonds is 3. The minimum Gasteiger partial charge on any atom is -0.504 e. The van der Waals surface area contributed by atoms with Crippen molar-refractivity contribution in [3.05, 3.63) is 71.8 Å². The third kappa shape index (κ3) is 3.13. The minimum absolute atomic E-state index is 0.204. The molecule has 0 aliphatic heterocycles. The number of fused-ring (bicyclic) bond motifs is 1. The molecule has 5 heteroatoms. The Bertz CT molecular complexity index is 898. The van der Waals surface area contributed by atoms with E-state index in [0.29, 0.717) is 0 Å². The Morgan fingerprint density at radius 2 is 1.74 bits per heavy atom. The monoisotopic (exact) mass is 306 g/mol. The number of aromatic hydroxyl groups is 2. The van der Waals surface area contributed by atoms with Crippen LogP contribution >= 0.6 is 0 Å². The van der Waals surface area contributed by atoms with E-state index in [1.807, 2.05) is 42.5 Å². The van der Waals surface area contributed by atoms with Crippen LogP contribution in [0.1, 0.15) is 15.9 Å². The number of carbonyl (C=O) groups is 1. The lowest BCUT2D eigenvalue weighted by atomic mass is 10.1. The summed E-state index contributed by atoms with van der Waals surface area (Å²) >= 11 is 0. The summed E-state index contributed by atoms with van der Waals surface area (Å²) < 4.78 is 0. The molecule has 3 N–H and O–H groups in total. The van der Waals surface area contributed by atoms with Crippen LogP contribution < -0.4 is 5.43 Å². The number of phenols is 2. The molecule has 0 heterocycles. The molecule has 0 aliphatic rings. The van der Waals surface area contributed by atoms with E-state index >= 15 is 0 Å². The number of hydrazone groups is 1. The summed E-state index contributed by atoms with van der Waals surface area (Å²) in [6.07, 6.45) is 1.57. The van der Waals surface area contributed by atoms with Crippen molar-refractivity contribution < 1.29 is 15.0 Å². The SMILES string of the molecule is O=C(N/N=C/c1cccc2ccccc12)c1ccc(O)c(O)c1. The Hall–Kier alpha value is -3.34. The number of amides is 1. The van der Waals surface area contributed by atoms with E-state index in [1.165, 1.54) is 18.2 Å². The predicted molar refractivity (Wildman–Crippen MR) is 88.8 cm³/mol. The van der Waals surface area contributed by atoms with Crippen LogP contribution in [0.2, 0.25) is 0 Å². The molecule has 0 fully saturated rings. The molecule has 23 heavy (non-hydrogen) atoms. The Morgan fingerprint density at radius 3 is 2.57 bits per heavy atom. The van der Waals surface area contributed by atoms with Crippen LogP contribution in [-0.2, 0) is 0 Å². The number of benzene rings is 3. The predicted octanol–water partition coefficient (Wildman–Crippen LogP) is 3.01. The lowest BCUT2D eigenvalue weighted by Crippen LogP contribution is -2.17. The molecule has 3 rings (SSSR count). The van der Waals surface area contributed by atoms with Crippen LogP contribution in [0, 0.1) is 0 Å². The van der Waals surface area contributed by atoms with Crippen molar-refractivity contribution in [2.75, 3.05) is 0 Å². The van der Waals surface area contributed by atoms with Gasteiger partial charge in [0.05, 0.1) is 6.21 Å². The minimum atomic E-state index is -0.475. The fourth-order valence-corrected chi connectivity index (χ4v) is 2.25. The molecule has 0 spiro atoms. The number of nitrogens with zero attached hydrogens (tertiary/aromatic N) is 1. The first-order valence-corrected chi connectivity index (χ1v) is 6.98. The van der Waals surface area contributed by atoms with Gasteiger partial charge in [0.25, 0.3) is 5.91 Å². The average molecular weight is 306 g/mol. The van der Waals surface area contributed by atoms with Crippen LogP contribution in [0.3, 0.4) is 0 Å². The zero-order valence-electron chi connectivity index (χ0n) is 12.1. The second-order valence-corrected chi connectivity index (χ2v) is 4.97. The Labute approximate surface area is 132 Å². The van der Waals surface area contributed by atoms with Gasteiger partial charge in [-0.25, -0.2) is 5.43 Å². The van der Waals surface area contributed by atoms with Crippen LogP contribution in [0.5, 0.6) is 11.5 Å². The summed E-state index contributed by atoms with van der Waals surface area (Å²) in [7, 11) is 0. The fraction of sp³-hybridized carbons (Fsp3) is 0. The zero-order valence-corrected chi connectivity index (χ0v) is 12.1. The number of hydrogen-bond donors (Lipinski definition) is 3. The van der Waals surface area contributed by atoms with Gasteiger partial charge in [-0.1, -0.05) is 42.5 Å². The Balaban J connectivity index is 1.77. The maximum absolute atomic E-state index is 11.9. The second-order valence-electron chi connectivity index (χ2n) is 4.97. The first kappa shape index (κ1) is 14.6. The summed E-state index contributed by atoms with van der Waals surface area (Å²) in [5.41, 5.74) is 3.49. The molecule has 0 atom stereocenters. The first-order valence-electron chi connectivity index (χ1n) is 6.98. The summed E-state index contributed by atoms with van der Waals surface area (Å²) in [6, 6.07) is 17.5. The number of carbonyl (C=O) groups excluding carboxylic acids is 1. The number of nitrogens with one attached hydrogen (secondary N) is 1. The Morgan fingerprint density at radius 1 is 0.957 bits per heavy atom. The van der Waals surface area contributed by atoms with Gasteiger partial charge in [0.1, 0.15) is 0 Å². The lowest BCUT2D eigenvalue weighted by molar-refractivity contribution is 0.0954. The van der Waals surface area contributed by atoms with Gasteiger partial charge in [-0.05, 0) is 29.0 Å². The van der Waals surface area contributed by atoms with Gasteiger partial charge in [-0.3, -0.25) is 4.79 Å². The standard InChI is InChI=1S/C18H14N2O3/c21-16-9-8-13(10-17(16)22)18(23)20-19-11-14-6-3-5-12-4-1-2-7-15(12)14/h1-11,21-22H,(H,20,23)/b19-11+. The summed E-state index contributed by atoms with van der Waals surface area (Å²) in [5.74, 6) is -1.10. The summed E-state index contributed by atoms with van der Waals surface area (Å²) in [4.78, 5) is 11.9. The van der Waals surface area contributed by atoms with Crippen molar-refractivity contribution in [1.82, 2.24) is 5.43 Å². The number of phenolic OH excluding ortho intramolecular Hbond substituents is 2. The van der Waals surface area contributed by atoms with Gasteiger partial charge >= 0.3 is 0 Å². The van der Waals surface area contributed by atoms with E-state index in [2.05, 4.69) is 10.5 Å². The van der Waals surface area contributed by atoms with E-state index in [9.17, 15) is 15.0 Å². The van der Waals surface area contributed by atoms with Crippen molar-refractivity contribution in [3.8, 4) is 11.5 Å². The molecular formula is C18H14N2O3. The Kier molecular flexibility index (Phi) is 3.93. The van der Waals surface area contributed by atoms with Gasteiger partial charge in [-0.2, -0.15) is 5.10 Å². The quantitative estimate of drug-likeness (QED) is 0.395. The van der Waals surface area contributed by atoms with Crippen LogP contribution in [0.4, 0.5) is 0 Å². The molecule has 0 saturated carbocycles. The molecule has 3 aromatic rings. The van der Waals surface area contributed by atoms with E-state index in [-0.39, 0.29) is 17.1 Å². The molecule has 0 aliphatic carbocycles. The molecule has 0 unspecified atom stereocenters. The van der Waals surface area contributed by atoms with Gasteiger partial charge in [0.15, 0.2) is 11.5 Å². The van der Waals surface area contributed by atoms with E-state index in [4.69, 9.17) is 0 Å². The van der Waals surface area contributed by atoms with Crippen molar-refractivity contribution >= 4 is 22.9 Å². The summed E-state index contributed by atoms with van der Waals surface area (Å²) in [6.45, 7) is 0. The van der Waals surface area contributed by atoms with E-state index < -0.39 is 5.91 Å². The average Bonchev–Trinajstić information content (AvgIpc) is 2.57. The van der Waals surface area contributed by atoms with Crippen molar-refractivity contribution in [2.24, 2.45) is 5.10 Å². The highest BCUT2D eigenvalue weighted by molar-refractivity contribution is 6.00. The van der Waals surface area contributed by atoms with Gasteiger partial charge in [-0.15, -0.1) is 0 Å². The van der Waals surface area contributed by atoms with Crippen molar-refractivity contribution in [3.63, 3.8) is 0 Å². The number of hydrogen-bond acceptors (Lipinski definition) is 4. The molecular weight excluding hydrogens is 292 g/mol. The second kappa shape index (κ2) is 6.19. The largest absolute Gasteiger partial charge is 0.504 e. The van der Waals surface area contributed by atoms with E-state index in [1.54, 1.807) is 6.21 Å². The molecule has 5 nitrogen and oxygen atoms in total. The first-order chi connectivity index (χ1) is 11.1. The third-order valence-electron chi connectivity index (χ3n) is 3.43. The molecule has 0 radical (unpaired) electrons. The zero-order chi connectivity index (χ0) is 16.2. The van der Waals surface area contributed by atoms with E-state index in [0.717, 1.165) is 16.3 Å². The normalized spacial score (nSPS) is 11.0. The van der Waals surface area contributed by atoms with Crippen molar-refractivity contribution in [2.45, 2.75) is 0 Å². The maximum Gasteiger partial charge on any atom is 0.271 e. The molecule has 1 amide bonds. The maximum atomic E-state index is 11.9. The van der Waals surface area contributed by atoms with Crippen LogP contribution in [0.15, 0.2) is 65.8 Å². The van der Waals surface area contributed by atoms with Crippen LogP contribution in [0.25, 0.3) is 10.8 Å². The molecule has 0 bridgehead atoms. The molecule has 114 valence electrons. The van der Waals surface area contributed by atoms with Gasteiger partial charge in [0, 0.05) is 11.1 Å². The lowest BCUT2D eigenvalue weighted by Gasteiger charge is -2.03. The summed E-state index contributed by atoms with van der Waals surface area (Å²) in [5, 5.41) is 24.7. The third-order valence-corrected chi connectivity index (χ3v) is 3.43.